The van der Waals surface area contributed by atoms with E-state index < -0.39 is 0 Å². The molecule has 0 aromatic heterocycles. The van der Waals surface area contributed by atoms with E-state index in [1.165, 1.54) is 6.42 Å². The second-order valence-electron chi connectivity index (χ2n) is 4.69. The summed E-state index contributed by atoms with van der Waals surface area (Å²) in [5.74, 6) is 2.38. The molecule has 1 N–H and O–H groups in total. The summed E-state index contributed by atoms with van der Waals surface area (Å²) in [4.78, 5) is 0. The van der Waals surface area contributed by atoms with E-state index in [2.05, 4.69) is 5.32 Å². The van der Waals surface area contributed by atoms with E-state index in [1.54, 1.807) is 0 Å². The molecule has 1 unspecified atom stereocenters. The molecule has 4 heteroatoms. The molecule has 0 saturated carbocycles. The van der Waals surface area contributed by atoms with Crippen LogP contribution < -0.4 is 14.8 Å². The van der Waals surface area contributed by atoms with E-state index in [-0.39, 0.29) is 0 Å². The lowest BCUT2D eigenvalue weighted by Crippen LogP contribution is -2.27. The van der Waals surface area contributed by atoms with Gasteiger partial charge in [0.1, 0.15) is 18.1 Å². The van der Waals surface area contributed by atoms with Gasteiger partial charge in [-0.05, 0) is 31.4 Å². The van der Waals surface area contributed by atoms with E-state index in [9.17, 15) is 0 Å². The second-order valence-corrected chi connectivity index (χ2v) is 4.69. The molecule has 0 amide bonds. The predicted octanol–water partition coefficient (Wildman–Crippen LogP) is 2.09. The van der Waals surface area contributed by atoms with Gasteiger partial charge < -0.3 is 19.5 Å². The van der Waals surface area contributed by atoms with Crippen molar-refractivity contribution >= 4 is 0 Å². The Morgan fingerprint density at radius 2 is 2.16 bits per heavy atom. The molecule has 1 heterocycles. The average molecular weight is 265 g/mol. The molecule has 1 atom stereocenters. The van der Waals surface area contributed by atoms with E-state index in [4.69, 9.17) is 14.2 Å². The van der Waals surface area contributed by atoms with Crippen molar-refractivity contribution in [3.05, 3.63) is 24.3 Å². The Morgan fingerprint density at radius 3 is 2.89 bits per heavy atom. The lowest BCUT2D eigenvalue weighted by molar-refractivity contribution is 0.185. The van der Waals surface area contributed by atoms with Crippen LogP contribution in [0.25, 0.3) is 0 Å². The van der Waals surface area contributed by atoms with Gasteiger partial charge >= 0.3 is 0 Å². The normalized spacial score (nSPS) is 18.5. The van der Waals surface area contributed by atoms with E-state index >= 15 is 0 Å². The Bertz CT molecular complexity index is 364. The van der Waals surface area contributed by atoms with Crippen molar-refractivity contribution in [2.75, 3.05) is 39.5 Å². The summed E-state index contributed by atoms with van der Waals surface area (Å²) in [7, 11) is 0. The molecule has 0 radical (unpaired) electrons. The van der Waals surface area contributed by atoms with E-state index in [0.717, 1.165) is 37.8 Å². The number of hydrogen-bond donors (Lipinski definition) is 1. The predicted molar refractivity (Wildman–Crippen MR) is 74.9 cm³/mol. The maximum absolute atomic E-state index is 5.68. The van der Waals surface area contributed by atoms with Crippen LogP contribution in [0, 0.1) is 5.92 Å². The molecular formula is C15H23NO3. The summed E-state index contributed by atoms with van der Waals surface area (Å²) >= 11 is 0. The van der Waals surface area contributed by atoms with Gasteiger partial charge in [0.25, 0.3) is 0 Å². The fraction of sp³-hybridized carbons (Fsp3) is 0.600. The standard InChI is InChI=1S/C15H23NO3/c1-2-18-14-4-3-5-15(10-14)19-9-7-16-11-13-6-8-17-12-13/h3-5,10,13,16H,2,6-9,11-12H2,1H3. The fourth-order valence-corrected chi connectivity index (χ4v) is 2.11. The van der Waals surface area contributed by atoms with Gasteiger partial charge in [0.05, 0.1) is 13.2 Å². The monoisotopic (exact) mass is 265 g/mol. The number of rotatable bonds is 8. The summed E-state index contributed by atoms with van der Waals surface area (Å²) in [6, 6.07) is 7.76. The Kier molecular flexibility index (Phi) is 5.98. The molecule has 4 nitrogen and oxygen atoms in total. The van der Waals surface area contributed by atoms with Gasteiger partial charge in [0.2, 0.25) is 0 Å². The Morgan fingerprint density at radius 1 is 1.32 bits per heavy atom. The van der Waals surface area contributed by atoms with Crippen LogP contribution in [0.5, 0.6) is 11.5 Å². The molecule has 1 fully saturated rings. The largest absolute Gasteiger partial charge is 0.494 e. The van der Waals surface area contributed by atoms with E-state index in [0.29, 0.717) is 19.1 Å². The van der Waals surface area contributed by atoms with Crippen LogP contribution in [0.2, 0.25) is 0 Å². The molecule has 0 bridgehead atoms. The zero-order chi connectivity index (χ0) is 13.3. The summed E-state index contributed by atoms with van der Waals surface area (Å²) in [5, 5.41) is 3.40. The smallest absolute Gasteiger partial charge is 0.123 e. The Hall–Kier alpha value is -1.26. The Labute approximate surface area is 115 Å². The van der Waals surface area contributed by atoms with Gasteiger partial charge in [-0.1, -0.05) is 6.07 Å². The minimum absolute atomic E-state index is 0.668. The van der Waals surface area contributed by atoms with Gasteiger partial charge in [-0.25, -0.2) is 0 Å². The molecule has 1 aromatic carbocycles. The van der Waals surface area contributed by atoms with Crippen molar-refractivity contribution in [3.8, 4) is 11.5 Å². The second kappa shape index (κ2) is 8.02. The van der Waals surface area contributed by atoms with Crippen LogP contribution in [0.1, 0.15) is 13.3 Å². The van der Waals surface area contributed by atoms with Crippen molar-refractivity contribution in [1.82, 2.24) is 5.32 Å². The van der Waals surface area contributed by atoms with Crippen LogP contribution >= 0.6 is 0 Å². The zero-order valence-corrected chi connectivity index (χ0v) is 11.6. The van der Waals surface area contributed by atoms with Crippen molar-refractivity contribution < 1.29 is 14.2 Å². The molecule has 1 aromatic rings. The molecule has 0 spiro atoms. The van der Waals surface area contributed by atoms with Crippen molar-refractivity contribution in [2.45, 2.75) is 13.3 Å². The third kappa shape index (κ3) is 5.09. The van der Waals surface area contributed by atoms with Crippen LogP contribution in [0.15, 0.2) is 24.3 Å². The summed E-state index contributed by atoms with van der Waals surface area (Å²) < 4.78 is 16.5. The molecule has 106 valence electrons. The summed E-state index contributed by atoms with van der Waals surface area (Å²) in [6.45, 7) is 7.00. The first-order valence-electron chi connectivity index (χ1n) is 7.02. The molecule has 0 aliphatic carbocycles. The number of benzene rings is 1. The van der Waals surface area contributed by atoms with Crippen LogP contribution in [0.3, 0.4) is 0 Å². The lowest BCUT2D eigenvalue weighted by Gasteiger charge is -2.11. The highest BCUT2D eigenvalue weighted by atomic mass is 16.5. The van der Waals surface area contributed by atoms with Gasteiger partial charge in [0.15, 0.2) is 0 Å². The highest BCUT2D eigenvalue weighted by Gasteiger charge is 2.14. The Balaban J connectivity index is 1.60. The molecule has 1 aliphatic rings. The quantitative estimate of drug-likeness (QED) is 0.731. The molecular weight excluding hydrogens is 242 g/mol. The SMILES string of the molecule is CCOc1cccc(OCCNCC2CCOC2)c1. The van der Waals surface area contributed by atoms with Crippen molar-refractivity contribution in [3.63, 3.8) is 0 Å². The number of hydrogen-bond acceptors (Lipinski definition) is 4. The van der Waals surface area contributed by atoms with Gasteiger partial charge in [-0.15, -0.1) is 0 Å². The summed E-state index contributed by atoms with van der Waals surface area (Å²) in [5.41, 5.74) is 0. The van der Waals surface area contributed by atoms with Gasteiger partial charge in [-0.2, -0.15) is 0 Å². The third-order valence-electron chi connectivity index (χ3n) is 3.12. The maximum atomic E-state index is 5.68. The lowest BCUT2D eigenvalue weighted by atomic mass is 10.1. The maximum Gasteiger partial charge on any atom is 0.123 e. The minimum Gasteiger partial charge on any atom is -0.494 e. The van der Waals surface area contributed by atoms with Crippen molar-refractivity contribution in [2.24, 2.45) is 5.92 Å². The van der Waals surface area contributed by atoms with Crippen molar-refractivity contribution in [1.29, 1.82) is 0 Å². The van der Waals surface area contributed by atoms with Crippen LogP contribution in [-0.4, -0.2) is 39.5 Å². The molecule has 1 aliphatic heterocycles. The number of ether oxygens (including phenoxy) is 3. The summed E-state index contributed by atoms with van der Waals surface area (Å²) in [6.07, 6.45) is 1.17. The zero-order valence-electron chi connectivity index (χ0n) is 11.6. The highest BCUT2D eigenvalue weighted by Crippen LogP contribution is 2.19. The molecule has 19 heavy (non-hydrogen) atoms. The highest BCUT2D eigenvalue weighted by molar-refractivity contribution is 5.32. The van der Waals surface area contributed by atoms with Gasteiger partial charge in [0, 0.05) is 25.8 Å². The third-order valence-corrected chi connectivity index (χ3v) is 3.12. The minimum atomic E-state index is 0.668. The topological polar surface area (TPSA) is 39.7 Å². The molecule has 2 rings (SSSR count). The van der Waals surface area contributed by atoms with Gasteiger partial charge in [-0.3, -0.25) is 0 Å². The van der Waals surface area contributed by atoms with Crippen LogP contribution in [0.4, 0.5) is 0 Å². The average Bonchev–Trinajstić information content (AvgIpc) is 2.92. The van der Waals surface area contributed by atoms with E-state index in [1.807, 2.05) is 31.2 Å². The molecule has 1 saturated heterocycles. The first kappa shape index (κ1) is 14.2. The number of nitrogens with one attached hydrogen (secondary N) is 1. The fourth-order valence-electron chi connectivity index (χ4n) is 2.11. The first-order chi connectivity index (χ1) is 9.38. The first-order valence-corrected chi connectivity index (χ1v) is 7.02. The van der Waals surface area contributed by atoms with Crippen LogP contribution in [-0.2, 0) is 4.74 Å².